The van der Waals surface area contributed by atoms with E-state index in [1.165, 1.54) is 4.31 Å². The number of primary amides is 1. The van der Waals surface area contributed by atoms with E-state index in [9.17, 15) is 18.0 Å². The van der Waals surface area contributed by atoms with Gasteiger partial charge in [0, 0.05) is 37.7 Å². The van der Waals surface area contributed by atoms with Crippen molar-refractivity contribution in [3.05, 3.63) is 35.4 Å². The maximum atomic E-state index is 12.6. The minimum absolute atomic E-state index is 0.0918. The Hall–Kier alpha value is -1.97. The predicted octanol–water partition coefficient (Wildman–Crippen LogP) is 0.186. The number of morpholine rings is 1. The molecule has 1 aromatic carbocycles. The van der Waals surface area contributed by atoms with Gasteiger partial charge in [-0.1, -0.05) is 12.1 Å². The quantitative estimate of drug-likeness (QED) is 0.765. The molecule has 0 saturated carbocycles. The van der Waals surface area contributed by atoms with E-state index in [1.54, 1.807) is 29.2 Å². The Balaban J connectivity index is 1.60. The molecule has 0 atom stereocenters. The fraction of sp³-hybridized carbons (Fsp3) is 0.556. The number of rotatable bonds is 5. The molecule has 2 aliphatic rings. The number of hydrogen-bond acceptors (Lipinski definition) is 5. The van der Waals surface area contributed by atoms with Crippen LogP contribution >= 0.6 is 0 Å². The van der Waals surface area contributed by atoms with Gasteiger partial charge >= 0.3 is 0 Å². The number of hydrogen-bond donors (Lipinski definition) is 1. The molecule has 2 heterocycles. The third-order valence-electron chi connectivity index (χ3n) is 5.10. The molecule has 3 rings (SSSR count). The van der Waals surface area contributed by atoms with Gasteiger partial charge in [0.05, 0.1) is 19.0 Å². The Morgan fingerprint density at radius 3 is 2.19 bits per heavy atom. The van der Waals surface area contributed by atoms with Crippen LogP contribution in [0.3, 0.4) is 0 Å². The predicted molar refractivity (Wildman–Crippen MR) is 99.3 cm³/mol. The molecule has 2 N–H and O–H groups in total. The Morgan fingerprint density at radius 2 is 1.63 bits per heavy atom. The lowest BCUT2D eigenvalue weighted by atomic mass is 9.96. The molecule has 2 saturated heterocycles. The van der Waals surface area contributed by atoms with Crippen LogP contribution in [0, 0.1) is 5.92 Å². The van der Waals surface area contributed by atoms with Gasteiger partial charge in [0.15, 0.2) is 0 Å². The summed E-state index contributed by atoms with van der Waals surface area (Å²) < 4.78 is 31.6. The number of nitrogens with two attached hydrogens (primary N) is 1. The maximum Gasteiger partial charge on any atom is 0.253 e. The van der Waals surface area contributed by atoms with E-state index in [4.69, 9.17) is 10.5 Å². The first-order valence-corrected chi connectivity index (χ1v) is 10.7. The number of carbonyl (C=O) groups excluding carboxylic acids is 2. The van der Waals surface area contributed by atoms with Crippen molar-refractivity contribution >= 4 is 21.8 Å². The van der Waals surface area contributed by atoms with Gasteiger partial charge in [0.25, 0.3) is 5.91 Å². The summed E-state index contributed by atoms with van der Waals surface area (Å²) in [4.78, 5) is 25.5. The second-order valence-electron chi connectivity index (χ2n) is 6.93. The molecule has 0 unspecified atom stereocenters. The molecule has 8 nitrogen and oxygen atoms in total. The molecular weight excluding hydrogens is 370 g/mol. The van der Waals surface area contributed by atoms with Crippen molar-refractivity contribution in [1.29, 1.82) is 0 Å². The maximum absolute atomic E-state index is 12.6. The molecule has 2 aliphatic heterocycles. The van der Waals surface area contributed by atoms with Crippen molar-refractivity contribution in [3.8, 4) is 0 Å². The summed E-state index contributed by atoms with van der Waals surface area (Å²) in [5.74, 6) is -0.680. The van der Waals surface area contributed by atoms with E-state index < -0.39 is 10.0 Å². The minimum atomic E-state index is -3.39. The van der Waals surface area contributed by atoms with Crippen molar-refractivity contribution in [1.82, 2.24) is 9.21 Å². The number of sulfonamides is 1. The first-order valence-electron chi connectivity index (χ1n) is 9.10. The van der Waals surface area contributed by atoms with Gasteiger partial charge in [0.2, 0.25) is 15.9 Å². The topological polar surface area (TPSA) is 110 Å². The highest BCUT2D eigenvalue weighted by molar-refractivity contribution is 7.88. The Morgan fingerprint density at radius 1 is 1.04 bits per heavy atom. The zero-order valence-electron chi connectivity index (χ0n) is 15.2. The van der Waals surface area contributed by atoms with E-state index in [-0.39, 0.29) is 23.5 Å². The zero-order valence-corrected chi connectivity index (χ0v) is 16.0. The van der Waals surface area contributed by atoms with Crippen LogP contribution in [0.25, 0.3) is 0 Å². The molecule has 0 aliphatic carbocycles. The minimum Gasteiger partial charge on any atom is -0.379 e. The summed E-state index contributed by atoms with van der Waals surface area (Å²) in [6.45, 7) is 2.58. The number of amides is 2. The fourth-order valence-corrected chi connectivity index (χ4v) is 4.92. The van der Waals surface area contributed by atoms with Gasteiger partial charge in [-0.2, -0.15) is 4.31 Å². The van der Waals surface area contributed by atoms with Gasteiger partial charge in [-0.05, 0) is 30.5 Å². The molecule has 148 valence electrons. The summed E-state index contributed by atoms with van der Waals surface area (Å²) in [5, 5.41) is 0. The summed E-state index contributed by atoms with van der Waals surface area (Å²) in [7, 11) is -3.39. The van der Waals surface area contributed by atoms with Crippen LogP contribution in [0.2, 0.25) is 0 Å². The second-order valence-corrected chi connectivity index (χ2v) is 8.90. The standard InChI is InChI=1S/C18H25N3O5S/c19-17(22)15-5-7-20(8-6-15)18(23)16-3-1-14(2-4-16)13-27(24,25)21-9-11-26-12-10-21/h1-4,15H,5-13H2,(H2,19,22). The van der Waals surface area contributed by atoms with E-state index in [2.05, 4.69) is 0 Å². The van der Waals surface area contributed by atoms with Crippen LogP contribution in [0.1, 0.15) is 28.8 Å². The summed E-state index contributed by atoms with van der Waals surface area (Å²) in [6.07, 6.45) is 1.16. The highest BCUT2D eigenvalue weighted by atomic mass is 32.2. The van der Waals surface area contributed by atoms with E-state index in [0.717, 1.165) is 0 Å². The van der Waals surface area contributed by atoms with Crippen LogP contribution in [-0.4, -0.2) is 68.8 Å². The van der Waals surface area contributed by atoms with Crippen molar-refractivity contribution in [2.24, 2.45) is 11.7 Å². The Labute approximate surface area is 159 Å². The van der Waals surface area contributed by atoms with Crippen LogP contribution in [0.4, 0.5) is 0 Å². The molecule has 9 heteroatoms. The average molecular weight is 395 g/mol. The largest absolute Gasteiger partial charge is 0.379 e. The molecule has 0 aromatic heterocycles. The molecular formula is C18H25N3O5S. The number of carbonyl (C=O) groups is 2. The normalized spacial score (nSPS) is 19.8. The number of likely N-dealkylation sites (tertiary alicyclic amines) is 1. The highest BCUT2D eigenvalue weighted by Gasteiger charge is 2.27. The van der Waals surface area contributed by atoms with Crippen LogP contribution in [0.15, 0.2) is 24.3 Å². The molecule has 2 amide bonds. The Kier molecular flexibility index (Phi) is 6.13. The average Bonchev–Trinajstić information content (AvgIpc) is 2.68. The number of ether oxygens (including phenoxy) is 1. The Bertz CT molecular complexity index is 780. The molecule has 2 fully saturated rings. The van der Waals surface area contributed by atoms with E-state index in [1.807, 2.05) is 0 Å². The van der Waals surface area contributed by atoms with Crippen LogP contribution in [0.5, 0.6) is 0 Å². The summed E-state index contributed by atoms with van der Waals surface area (Å²) >= 11 is 0. The molecule has 0 spiro atoms. The first-order chi connectivity index (χ1) is 12.9. The summed E-state index contributed by atoms with van der Waals surface area (Å²) in [6, 6.07) is 6.68. The van der Waals surface area contributed by atoms with Crippen molar-refractivity contribution < 1.29 is 22.7 Å². The lowest BCUT2D eigenvalue weighted by Crippen LogP contribution is -2.41. The third-order valence-corrected chi connectivity index (χ3v) is 6.95. The van der Waals surface area contributed by atoms with Crippen LogP contribution < -0.4 is 5.73 Å². The van der Waals surface area contributed by atoms with Crippen LogP contribution in [-0.2, 0) is 25.3 Å². The van der Waals surface area contributed by atoms with Gasteiger partial charge in [-0.15, -0.1) is 0 Å². The lowest BCUT2D eigenvalue weighted by molar-refractivity contribution is -0.123. The number of benzene rings is 1. The highest BCUT2D eigenvalue weighted by Crippen LogP contribution is 2.20. The fourth-order valence-electron chi connectivity index (χ4n) is 3.42. The SMILES string of the molecule is NC(=O)C1CCN(C(=O)c2ccc(CS(=O)(=O)N3CCOCC3)cc2)CC1. The third kappa shape index (κ3) is 4.85. The lowest BCUT2D eigenvalue weighted by Gasteiger charge is -2.30. The van der Waals surface area contributed by atoms with Crippen molar-refractivity contribution in [2.75, 3.05) is 39.4 Å². The second kappa shape index (κ2) is 8.37. The van der Waals surface area contributed by atoms with E-state index in [0.29, 0.717) is 63.4 Å². The molecule has 0 bridgehead atoms. The zero-order chi connectivity index (χ0) is 19.4. The first kappa shape index (κ1) is 19.8. The monoisotopic (exact) mass is 395 g/mol. The van der Waals surface area contributed by atoms with E-state index >= 15 is 0 Å². The van der Waals surface area contributed by atoms with Gasteiger partial charge < -0.3 is 15.4 Å². The van der Waals surface area contributed by atoms with Gasteiger partial charge in [-0.25, -0.2) is 8.42 Å². The summed E-state index contributed by atoms with van der Waals surface area (Å²) in [5.41, 5.74) is 6.48. The number of nitrogens with zero attached hydrogens (tertiary/aromatic N) is 2. The number of piperidine rings is 1. The smallest absolute Gasteiger partial charge is 0.253 e. The van der Waals surface area contributed by atoms with Crippen molar-refractivity contribution in [2.45, 2.75) is 18.6 Å². The van der Waals surface area contributed by atoms with Gasteiger partial charge in [0.1, 0.15) is 0 Å². The molecule has 27 heavy (non-hydrogen) atoms. The van der Waals surface area contributed by atoms with Gasteiger partial charge in [-0.3, -0.25) is 9.59 Å². The molecule has 1 aromatic rings. The van der Waals surface area contributed by atoms with Crippen molar-refractivity contribution in [3.63, 3.8) is 0 Å². The molecule has 0 radical (unpaired) electrons.